The highest BCUT2D eigenvalue weighted by atomic mass is 16.6. The van der Waals surface area contributed by atoms with E-state index in [9.17, 15) is 10.1 Å². The first-order valence-corrected chi connectivity index (χ1v) is 10.9. The standard InChI is InChI=1S/C23H25N7O3/c1-3-4-5-8-13-29-18-10-7-6-9-17(18)21-22(29)25-23(28-26-21)27-24-15-16-11-12-20(33-2)19(14-16)30(31)32/h6-7,9-12,14-15H,3-5,8,13H2,1-2H3,(H,25,27,28)/b24-15+. The number of unbranched alkanes of at least 4 members (excludes halogenated alkanes) is 3. The molecule has 2 aromatic heterocycles. The zero-order valence-electron chi connectivity index (χ0n) is 18.6. The van der Waals surface area contributed by atoms with Crippen LogP contribution in [0, 0.1) is 10.1 Å². The van der Waals surface area contributed by atoms with E-state index < -0.39 is 4.92 Å². The molecule has 2 heterocycles. The van der Waals surface area contributed by atoms with E-state index in [1.54, 1.807) is 6.07 Å². The SMILES string of the molecule is CCCCCCn1c2ccccc2c2nnc(N/N=C/c3ccc(OC)c([N+](=O)[O-])c3)nc21. The molecule has 0 spiro atoms. The number of hydrazone groups is 1. The number of para-hydroxylation sites is 1. The fraction of sp³-hybridized carbons (Fsp3) is 0.304. The number of rotatable bonds is 10. The van der Waals surface area contributed by atoms with Crippen LogP contribution in [-0.2, 0) is 6.54 Å². The third-order valence-corrected chi connectivity index (χ3v) is 5.39. The summed E-state index contributed by atoms with van der Waals surface area (Å²) in [5.74, 6) is 0.439. The fourth-order valence-electron chi connectivity index (χ4n) is 3.77. The number of ether oxygens (including phenoxy) is 1. The topological polar surface area (TPSA) is 120 Å². The highest BCUT2D eigenvalue weighted by molar-refractivity contribution is 6.04. The molecule has 0 radical (unpaired) electrons. The van der Waals surface area contributed by atoms with Gasteiger partial charge in [0.25, 0.3) is 5.95 Å². The molecule has 0 amide bonds. The van der Waals surface area contributed by atoms with Crippen LogP contribution in [0.2, 0.25) is 0 Å². The van der Waals surface area contributed by atoms with E-state index in [0.29, 0.717) is 5.56 Å². The number of aromatic nitrogens is 4. The minimum Gasteiger partial charge on any atom is -0.490 e. The van der Waals surface area contributed by atoms with Gasteiger partial charge in [-0.2, -0.15) is 10.1 Å². The number of nitrogens with zero attached hydrogens (tertiary/aromatic N) is 6. The molecule has 0 aliphatic rings. The predicted molar refractivity (Wildman–Crippen MR) is 128 cm³/mol. The van der Waals surface area contributed by atoms with Crippen molar-refractivity contribution in [2.24, 2.45) is 5.10 Å². The molecule has 10 heteroatoms. The summed E-state index contributed by atoms with van der Waals surface area (Å²) < 4.78 is 7.20. The molecule has 0 saturated carbocycles. The molecule has 0 atom stereocenters. The third kappa shape index (κ3) is 4.74. The zero-order chi connectivity index (χ0) is 23.2. The summed E-state index contributed by atoms with van der Waals surface area (Å²) in [7, 11) is 1.39. The molecule has 0 bridgehead atoms. The molecule has 4 rings (SSSR count). The van der Waals surface area contributed by atoms with Gasteiger partial charge in [0.2, 0.25) is 0 Å². The number of methoxy groups -OCH3 is 1. The molecular weight excluding hydrogens is 422 g/mol. The Morgan fingerprint density at radius 1 is 1.18 bits per heavy atom. The first kappa shape index (κ1) is 22.1. The number of anilines is 1. The van der Waals surface area contributed by atoms with Crippen molar-refractivity contribution in [2.75, 3.05) is 12.5 Å². The van der Waals surface area contributed by atoms with Crippen molar-refractivity contribution >= 4 is 39.9 Å². The Hall–Kier alpha value is -4.08. The fourth-order valence-corrected chi connectivity index (χ4v) is 3.77. The summed E-state index contributed by atoms with van der Waals surface area (Å²) in [6, 6.07) is 12.7. The van der Waals surface area contributed by atoms with Crippen LogP contribution >= 0.6 is 0 Å². The zero-order valence-corrected chi connectivity index (χ0v) is 18.6. The largest absolute Gasteiger partial charge is 0.490 e. The Morgan fingerprint density at radius 2 is 2.03 bits per heavy atom. The predicted octanol–water partition coefficient (Wildman–Crippen LogP) is 4.92. The molecule has 0 aliphatic heterocycles. The van der Waals surface area contributed by atoms with Gasteiger partial charge in [-0.15, -0.1) is 10.2 Å². The van der Waals surface area contributed by atoms with Crippen LogP contribution in [-0.4, -0.2) is 38.0 Å². The molecule has 2 aromatic carbocycles. The van der Waals surface area contributed by atoms with Crippen molar-refractivity contribution in [1.29, 1.82) is 0 Å². The van der Waals surface area contributed by atoms with Gasteiger partial charge in [0.05, 0.1) is 23.8 Å². The van der Waals surface area contributed by atoms with E-state index in [1.165, 1.54) is 38.3 Å². The quantitative estimate of drug-likeness (QED) is 0.158. The van der Waals surface area contributed by atoms with E-state index in [-0.39, 0.29) is 17.4 Å². The minimum atomic E-state index is -0.496. The van der Waals surface area contributed by atoms with Gasteiger partial charge >= 0.3 is 5.69 Å². The Kier molecular flexibility index (Phi) is 6.72. The lowest BCUT2D eigenvalue weighted by Crippen LogP contribution is -2.03. The number of aryl methyl sites for hydroxylation is 1. The minimum absolute atomic E-state index is 0.131. The molecular formula is C23H25N7O3. The van der Waals surface area contributed by atoms with E-state index in [2.05, 4.69) is 43.3 Å². The van der Waals surface area contributed by atoms with Gasteiger partial charge in [-0.25, -0.2) is 5.43 Å². The van der Waals surface area contributed by atoms with Crippen molar-refractivity contribution in [3.05, 3.63) is 58.1 Å². The molecule has 0 aliphatic carbocycles. The van der Waals surface area contributed by atoms with E-state index in [4.69, 9.17) is 4.74 Å². The Labute approximate surface area is 190 Å². The van der Waals surface area contributed by atoms with Gasteiger partial charge < -0.3 is 9.30 Å². The van der Waals surface area contributed by atoms with Crippen molar-refractivity contribution in [3.8, 4) is 5.75 Å². The average molecular weight is 447 g/mol. The lowest BCUT2D eigenvalue weighted by Gasteiger charge is -2.06. The highest BCUT2D eigenvalue weighted by Gasteiger charge is 2.15. The molecule has 0 fully saturated rings. The number of hydrogen-bond donors (Lipinski definition) is 1. The second-order valence-corrected chi connectivity index (χ2v) is 7.60. The summed E-state index contributed by atoms with van der Waals surface area (Å²) in [6.07, 6.45) is 6.06. The van der Waals surface area contributed by atoms with Gasteiger partial charge in [0.1, 0.15) is 5.52 Å². The van der Waals surface area contributed by atoms with Crippen LogP contribution in [0.4, 0.5) is 11.6 Å². The summed E-state index contributed by atoms with van der Waals surface area (Å²) in [6.45, 7) is 3.04. The van der Waals surface area contributed by atoms with Crippen LogP contribution in [0.3, 0.4) is 0 Å². The van der Waals surface area contributed by atoms with Crippen molar-refractivity contribution in [1.82, 2.24) is 19.7 Å². The average Bonchev–Trinajstić information content (AvgIpc) is 3.14. The highest BCUT2D eigenvalue weighted by Crippen LogP contribution is 2.28. The van der Waals surface area contributed by atoms with Crippen LogP contribution in [0.15, 0.2) is 47.6 Å². The van der Waals surface area contributed by atoms with Crippen molar-refractivity contribution in [3.63, 3.8) is 0 Å². The molecule has 10 nitrogen and oxygen atoms in total. The maximum absolute atomic E-state index is 11.2. The number of fused-ring (bicyclic) bond motifs is 3. The van der Waals surface area contributed by atoms with Crippen LogP contribution in [0.25, 0.3) is 22.1 Å². The maximum Gasteiger partial charge on any atom is 0.311 e. The first-order chi connectivity index (χ1) is 16.1. The van der Waals surface area contributed by atoms with E-state index in [0.717, 1.165) is 41.5 Å². The van der Waals surface area contributed by atoms with E-state index >= 15 is 0 Å². The molecule has 0 saturated heterocycles. The monoisotopic (exact) mass is 447 g/mol. The summed E-state index contributed by atoms with van der Waals surface area (Å²) >= 11 is 0. The number of nitro groups is 1. The molecule has 33 heavy (non-hydrogen) atoms. The molecule has 170 valence electrons. The van der Waals surface area contributed by atoms with Gasteiger partial charge in [0, 0.05) is 23.6 Å². The third-order valence-electron chi connectivity index (χ3n) is 5.39. The second-order valence-electron chi connectivity index (χ2n) is 7.60. The van der Waals surface area contributed by atoms with Crippen LogP contribution < -0.4 is 10.2 Å². The first-order valence-electron chi connectivity index (χ1n) is 10.9. The lowest BCUT2D eigenvalue weighted by molar-refractivity contribution is -0.385. The lowest BCUT2D eigenvalue weighted by atomic mass is 10.2. The van der Waals surface area contributed by atoms with Crippen molar-refractivity contribution in [2.45, 2.75) is 39.2 Å². The Morgan fingerprint density at radius 3 is 2.82 bits per heavy atom. The molecule has 1 N–H and O–H groups in total. The van der Waals surface area contributed by atoms with Crippen molar-refractivity contribution < 1.29 is 9.66 Å². The summed E-state index contributed by atoms with van der Waals surface area (Å²) in [4.78, 5) is 15.4. The molecule has 0 unspecified atom stereocenters. The summed E-state index contributed by atoms with van der Waals surface area (Å²) in [5.41, 5.74) is 5.77. The van der Waals surface area contributed by atoms with Gasteiger partial charge in [0.15, 0.2) is 11.4 Å². The smallest absolute Gasteiger partial charge is 0.311 e. The summed E-state index contributed by atoms with van der Waals surface area (Å²) in [5, 5.41) is 24.9. The van der Waals surface area contributed by atoms with Gasteiger partial charge in [-0.05, 0) is 24.6 Å². The number of nitro benzene ring substituents is 1. The van der Waals surface area contributed by atoms with Crippen LogP contribution in [0.5, 0.6) is 5.75 Å². The van der Waals surface area contributed by atoms with E-state index in [1.807, 2.05) is 18.2 Å². The Bertz CT molecular complexity index is 1320. The van der Waals surface area contributed by atoms with Crippen LogP contribution in [0.1, 0.15) is 38.2 Å². The van der Waals surface area contributed by atoms with Gasteiger partial charge in [-0.1, -0.05) is 44.4 Å². The Balaban J connectivity index is 1.59. The number of hydrogen-bond acceptors (Lipinski definition) is 8. The molecule has 4 aromatic rings. The normalized spacial score (nSPS) is 11.5. The second kappa shape index (κ2) is 10.0. The maximum atomic E-state index is 11.2. The van der Waals surface area contributed by atoms with Gasteiger partial charge in [-0.3, -0.25) is 10.1 Å². The number of benzene rings is 2. The number of nitrogens with one attached hydrogen (secondary N) is 1.